The van der Waals surface area contributed by atoms with Crippen LogP contribution in [0.4, 0.5) is 0 Å². The first kappa shape index (κ1) is 17.0. The zero-order valence-electron chi connectivity index (χ0n) is 14.2. The van der Waals surface area contributed by atoms with E-state index < -0.39 is 11.9 Å². The Morgan fingerprint density at radius 1 is 1.15 bits per heavy atom. The largest absolute Gasteiger partial charge is 0.485 e. The van der Waals surface area contributed by atoms with Gasteiger partial charge in [-0.15, -0.1) is 0 Å². The van der Waals surface area contributed by atoms with Crippen molar-refractivity contribution in [1.29, 1.82) is 0 Å². The summed E-state index contributed by atoms with van der Waals surface area (Å²) < 4.78 is 21.6. The maximum Gasteiger partial charge on any atom is 0.424 e. The Hall–Kier alpha value is -2.45. The third-order valence-electron chi connectivity index (χ3n) is 4.64. The molecule has 3 aliphatic heterocycles. The predicted molar refractivity (Wildman–Crippen MR) is 90.0 cm³/mol. The monoisotopic (exact) mass is 360 g/mol. The van der Waals surface area contributed by atoms with Crippen molar-refractivity contribution in [2.24, 2.45) is 5.92 Å². The van der Waals surface area contributed by atoms with Crippen molar-refractivity contribution in [3.63, 3.8) is 0 Å². The van der Waals surface area contributed by atoms with Crippen molar-refractivity contribution in [1.82, 2.24) is 10.3 Å². The maximum absolute atomic E-state index is 11.9. The lowest BCUT2D eigenvalue weighted by Gasteiger charge is -2.24. The van der Waals surface area contributed by atoms with E-state index in [2.05, 4.69) is 10.3 Å². The van der Waals surface area contributed by atoms with Gasteiger partial charge in [-0.05, 0) is 25.0 Å². The summed E-state index contributed by atoms with van der Waals surface area (Å²) in [7, 11) is 0. The maximum atomic E-state index is 11.9. The molecule has 1 atom stereocenters. The van der Waals surface area contributed by atoms with Crippen LogP contribution in [0.5, 0.6) is 17.4 Å². The van der Waals surface area contributed by atoms with Crippen LogP contribution < -0.4 is 19.5 Å². The molecule has 2 bridgehead atoms. The van der Waals surface area contributed by atoms with E-state index in [1.165, 1.54) is 6.20 Å². The van der Waals surface area contributed by atoms with Gasteiger partial charge in [0.15, 0.2) is 11.5 Å². The second-order valence-corrected chi connectivity index (χ2v) is 6.49. The molecule has 0 saturated carbocycles. The molecule has 138 valence electrons. The molecule has 4 heterocycles. The minimum Gasteiger partial charge on any atom is -0.485 e. The molecule has 1 aromatic rings. The van der Waals surface area contributed by atoms with Crippen LogP contribution in [0.25, 0.3) is 6.08 Å². The van der Waals surface area contributed by atoms with Gasteiger partial charge in [0.05, 0.1) is 25.0 Å². The van der Waals surface area contributed by atoms with E-state index in [0.717, 1.165) is 32.4 Å². The van der Waals surface area contributed by atoms with Crippen molar-refractivity contribution in [3.8, 4) is 17.4 Å². The summed E-state index contributed by atoms with van der Waals surface area (Å²) in [6.07, 6.45) is 7.68. The standard InChI is InChI=1S/C18H20N2O6/c21-17-18(22)26-16-13(2-1-11-3-6-19-9-11)15(25-17)14(10-20-16)24-12-4-7-23-8-5-12/h1-2,10-12,19H,3-9H2/b2-1+/t11-/m0/s1. The fourth-order valence-corrected chi connectivity index (χ4v) is 3.20. The average Bonchev–Trinajstić information content (AvgIpc) is 3.14. The molecular formula is C18H20N2O6. The molecule has 3 aliphatic rings. The van der Waals surface area contributed by atoms with E-state index in [9.17, 15) is 9.59 Å². The third kappa shape index (κ3) is 3.56. The fraction of sp³-hybridized carbons (Fsp3) is 0.500. The number of carbonyl (C=O) groups is 2. The molecule has 0 amide bonds. The Kier molecular flexibility index (Phi) is 4.85. The molecule has 0 aliphatic carbocycles. The van der Waals surface area contributed by atoms with Crippen molar-refractivity contribution in [2.75, 3.05) is 26.3 Å². The minimum absolute atomic E-state index is 0.0531. The second kappa shape index (κ2) is 7.43. The molecule has 0 aromatic carbocycles. The van der Waals surface area contributed by atoms with Crippen LogP contribution in [0.3, 0.4) is 0 Å². The summed E-state index contributed by atoms with van der Waals surface area (Å²) in [5, 5.41) is 3.28. The number of aromatic nitrogens is 1. The van der Waals surface area contributed by atoms with Gasteiger partial charge < -0.3 is 24.3 Å². The van der Waals surface area contributed by atoms with E-state index in [0.29, 0.717) is 30.4 Å². The van der Waals surface area contributed by atoms with Gasteiger partial charge in [-0.2, -0.15) is 0 Å². The SMILES string of the molecule is O=C1Oc2ncc(OC3CCOCC3)c(c2/C=C/[C@H]2CCNC2)OC1=O. The minimum atomic E-state index is -1.09. The number of rotatable bonds is 4. The average molecular weight is 360 g/mol. The Morgan fingerprint density at radius 3 is 2.73 bits per heavy atom. The molecule has 0 unspecified atom stereocenters. The molecular weight excluding hydrogens is 340 g/mol. The van der Waals surface area contributed by atoms with Gasteiger partial charge in [0.25, 0.3) is 0 Å². The Balaban J connectivity index is 1.66. The highest BCUT2D eigenvalue weighted by molar-refractivity contribution is 6.31. The van der Waals surface area contributed by atoms with Crippen molar-refractivity contribution >= 4 is 18.0 Å². The zero-order chi connectivity index (χ0) is 17.9. The van der Waals surface area contributed by atoms with Gasteiger partial charge in [0, 0.05) is 19.4 Å². The summed E-state index contributed by atoms with van der Waals surface area (Å²) in [6.45, 7) is 3.08. The predicted octanol–water partition coefficient (Wildman–Crippen LogP) is 1.09. The number of esters is 2. The molecule has 0 spiro atoms. The molecule has 8 heteroatoms. The first-order valence-electron chi connectivity index (χ1n) is 8.81. The first-order valence-corrected chi connectivity index (χ1v) is 8.81. The van der Waals surface area contributed by atoms with Crippen LogP contribution >= 0.6 is 0 Å². The Morgan fingerprint density at radius 2 is 1.96 bits per heavy atom. The molecule has 8 nitrogen and oxygen atoms in total. The summed E-state index contributed by atoms with van der Waals surface area (Å²) >= 11 is 0. The smallest absolute Gasteiger partial charge is 0.424 e. The lowest BCUT2D eigenvalue weighted by Crippen LogP contribution is -2.26. The normalized spacial score (nSPS) is 23.6. The van der Waals surface area contributed by atoms with E-state index in [4.69, 9.17) is 18.9 Å². The van der Waals surface area contributed by atoms with Crippen molar-refractivity contribution in [2.45, 2.75) is 25.4 Å². The molecule has 1 aromatic heterocycles. The van der Waals surface area contributed by atoms with Crippen LogP contribution in [0.2, 0.25) is 0 Å². The van der Waals surface area contributed by atoms with Gasteiger partial charge in [-0.1, -0.05) is 6.08 Å². The Labute approximate surface area is 150 Å². The van der Waals surface area contributed by atoms with E-state index in [1.807, 2.05) is 6.08 Å². The molecule has 4 rings (SSSR count). The number of nitrogens with zero attached hydrogens (tertiary/aromatic N) is 1. The van der Waals surface area contributed by atoms with Gasteiger partial charge >= 0.3 is 11.9 Å². The van der Waals surface area contributed by atoms with Crippen molar-refractivity contribution < 1.29 is 28.5 Å². The van der Waals surface area contributed by atoms with Crippen LogP contribution in [0, 0.1) is 5.92 Å². The lowest BCUT2D eigenvalue weighted by molar-refractivity contribution is -0.155. The highest BCUT2D eigenvalue weighted by Crippen LogP contribution is 2.40. The van der Waals surface area contributed by atoms with E-state index in [1.54, 1.807) is 6.08 Å². The highest BCUT2D eigenvalue weighted by Gasteiger charge is 2.32. The molecule has 26 heavy (non-hydrogen) atoms. The van der Waals surface area contributed by atoms with Gasteiger partial charge in [-0.25, -0.2) is 14.6 Å². The summed E-state index contributed by atoms with van der Waals surface area (Å²) in [6, 6.07) is 0. The molecule has 0 radical (unpaired) electrons. The van der Waals surface area contributed by atoms with Crippen LogP contribution in [-0.4, -0.2) is 49.3 Å². The highest BCUT2D eigenvalue weighted by atomic mass is 16.6. The summed E-state index contributed by atoms with van der Waals surface area (Å²) in [4.78, 5) is 27.8. The number of nitrogens with one attached hydrogen (secondary N) is 1. The van der Waals surface area contributed by atoms with Crippen LogP contribution in [0.1, 0.15) is 24.8 Å². The topological polar surface area (TPSA) is 96.0 Å². The molecule has 2 fully saturated rings. The summed E-state index contributed by atoms with van der Waals surface area (Å²) in [5.41, 5.74) is 0.445. The Bertz CT molecular complexity index is 735. The zero-order valence-corrected chi connectivity index (χ0v) is 14.2. The third-order valence-corrected chi connectivity index (χ3v) is 4.64. The number of pyridine rings is 1. The number of fused-ring (bicyclic) bond motifs is 2. The number of carbonyl (C=O) groups excluding carboxylic acids is 2. The first-order chi connectivity index (χ1) is 12.7. The number of hydrogen-bond donors (Lipinski definition) is 1. The van der Waals surface area contributed by atoms with Gasteiger partial charge in [0.2, 0.25) is 5.88 Å². The fourth-order valence-electron chi connectivity index (χ4n) is 3.20. The lowest BCUT2D eigenvalue weighted by atomic mass is 10.1. The summed E-state index contributed by atoms with van der Waals surface area (Å²) in [5.74, 6) is -1.24. The quantitative estimate of drug-likeness (QED) is 0.630. The number of hydrogen-bond acceptors (Lipinski definition) is 8. The molecule has 2 saturated heterocycles. The second-order valence-electron chi connectivity index (χ2n) is 6.49. The van der Waals surface area contributed by atoms with Crippen molar-refractivity contribution in [3.05, 3.63) is 17.8 Å². The molecule has 1 N–H and O–H groups in total. The van der Waals surface area contributed by atoms with E-state index in [-0.39, 0.29) is 17.7 Å². The number of ether oxygens (including phenoxy) is 4. The van der Waals surface area contributed by atoms with Gasteiger partial charge in [0.1, 0.15) is 6.10 Å². The van der Waals surface area contributed by atoms with E-state index >= 15 is 0 Å². The van der Waals surface area contributed by atoms with Crippen LogP contribution in [0.15, 0.2) is 12.3 Å². The van der Waals surface area contributed by atoms with Crippen LogP contribution in [-0.2, 0) is 14.3 Å². The van der Waals surface area contributed by atoms with Gasteiger partial charge in [-0.3, -0.25) is 0 Å².